The van der Waals surface area contributed by atoms with E-state index in [4.69, 9.17) is 0 Å². The Balaban J connectivity index is 1.92. The summed E-state index contributed by atoms with van der Waals surface area (Å²) in [5.74, 6) is 0.416. The molecule has 3 heteroatoms. The molecule has 1 aromatic rings. The van der Waals surface area contributed by atoms with Gasteiger partial charge in [0.15, 0.2) is 0 Å². The van der Waals surface area contributed by atoms with Crippen LogP contribution in [0.1, 0.15) is 70.9 Å². The molecule has 0 aliphatic carbocycles. The van der Waals surface area contributed by atoms with Crippen LogP contribution in [0.3, 0.4) is 0 Å². The largest absolute Gasteiger partial charge is 0.299 e. The standard InChI is InChI=1S/C19H28N2O/c1-5-13-18(3,14-6-2)17(22)12-9-15-7-10-16(11-8-15)19(4)20-21-19/h7-8,10-11H,5-6,9,12-14H2,1-4H3. The van der Waals surface area contributed by atoms with Gasteiger partial charge < -0.3 is 0 Å². The van der Waals surface area contributed by atoms with Crippen molar-refractivity contribution in [1.29, 1.82) is 0 Å². The smallest absolute Gasteiger partial charge is 0.213 e. The average Bonchev–Trinajstić information content (AvgIpc) is 3.25. The zero-order valence-electron chi connectivity index (χ0n) is 14.4. The predicted octanol–water partition coefficient (Wildman–Crippen LogP) is 5.43. The minimum atomic E-state index is -0.310. The van der Waals surface area contributed by atoms with E-state index < -0.39 is 0 Å². The minimum absolute atomic E-state index is 0.136. The molecule has 120 valence electrons. The highest BCUT2D eigenvalue weighted by Crippen LogP contribution is 2.38. The van der Waals surface area contributed by atoms with E-state index in [1.54, 1.807) is 0 Å². The highest BCUT2D eigenvalue weighted by molar-refractivity contribution is 5.84. The third kappa shape index (κ3) is 3.82. The molecule has 0 fully saturated rings. The van der Waals surface area contributed by atoms with Crippen molar-refractivity contribution in [1.82, 2.24) is 0 Å². The summed E-state index contributed by atoms with van der Waals surface area (Å²) in [4.78, 5) is 12.6. The van der Waals surface area contributed by atoms with Crippen LogP contribution >= 0.6 is 0 Å². The van der Waals surface area contributed by atoms with Crippen molar-refractivity contribution in [2.45, 2.75) is 71.9 Å². The molecule has 0 saturated heterocycles. The molecule has 0 saturated carbocycles. The number of ketones is 1. The Morgan fingerprint density at radius 3 is 2.09 bits per heavy atom. The van der Waals surface area contributed by atoms with Crippen molar-refractivity contribution in [2.24, 2.45) is 15.6 Å². The van der Waals surface area contributed by atoms with Crippen LogP contribution < -0.4 is 0 Å². The fraction of sp³-hybridized carbons (Fsp3) is 0.632. The molecular weight excluding hydrogens is 272 g/mol. The van der Waals surface area contributed by atoms with Crippen molar-refractivity contribution in [2.75, 3.05) is 0 Å². The molecule has 1 heterocycles. The molecule has 0 N–H and O–H groups in total. The van der Waals surface area contributed by atoms with E-state index in [9.17, 15) is 4.79 Å². The van der Waals surface area contributed by atoms with Crippen molar-refractivity contribution in [3.63, 3.8) is 0 Å². The van der Waals surface area contributed by atoms with E-state index in [1.807, 2.05) is 6.92 Å². The van der Waals surface area contributed by atoms with Gasteiger partial charge in [-0.05, 0) is 31.7 Å². The van der Waals surface area contributed by atoms with Crippen LogP contribution in [-0.4, -0.2) is 5.78 Å². The first-order chi connectivity index (χ1) is 10.4. The Kier molecular flexibility index (Phi) is 5.15. The summed E-state index contributed by atoms with van der Waals surface area (Å²) in [6.07, 6.45) is 5.61. The lowest BCUT2D eigenvalue weighted by Gasteiger charge is -2.27. The molecule has 22 heavy (non-hydrogen) atoms. The maximum absolute atomic E-state index is 12.6. The highest BCUT2D eigenvalue weighted by atomic mass is 16.1. The van der Waals surface area contributed by atoms with Crippen LogP contribution in [0.4, 0.5) is 0 Å². The predicted molar refractivity (Wildman–Crippen MR) is 89.9 cm³/mol. The van der Waals surface area contributed by atoms with Gasteiger partial charge in [0.05, 0.1) is 0 Å². The fourth-order valence-corrected chi connectivity index (χ4v) is 3.24. The molecule has 1 aliphatic rings. The molecule has 2 rings (SSSR count). The van der Waals surface area contributed by atoms with Crippen molar-refractivity contribution in [3.05, 3.63) is 35.4 Å². The van der Waals surface area contributed by atoms with Gasteiger partial charge in [0, 0.05) is 17.4 Å². The molecule has 0 atom stereocenters. The summed E-state index contributed by atoms with van der Waals surface area (Å²) >= 11 is 0. The van der Waals surface area contributed by atoms with Gasteiger partial charge in [-0.25, -0.2) is 0 Å². The van der Waals surface area contributed by atoms with Gasteiger partial charge in [0.2, 0.25) is 5.66 Å². The molecule has 1 aliphatic heterocycles. The Morgan fingerprint density at radius 1 is 1.09 bits per heavy atom. The quantitative estimate of drug-likeness (QED) is 0.599. The average molecular weight is 300 g/mol. The van der Waals surface area contributed by atoms with Gasteiger partial charge in [0.25, 0.3) is 0 Å². The fourth-order valence-electron chi connectivity index (χ4n) is 3.24. The molecular formula is C19H28N2O. The van der Waals surface area contributed by atoms with Crippen LogP contribution in [0.5, 0.6) is 0 Å². The lowest BCUT2D eigenvalue weighted by atomic mass is 9.76. The van der Waals surface area contributed by atoms with Gasteiger partial charge in [-0.3, -0.25) is 4.79 Å². The topological polar surface area (TPSA) is 41.8 Å². The molecule has 0 bridgehead atoms. The highest BCUT2D eigenvalue weighted by Gasteiger charge is 2.35. The normalized spacial score (nSPS) is 15.8. The second-order valence-electron chi connectivity index (χ2n) is 6.90. The lowest BCUT2D eigenvalue weighted by Crippen LogP contribution is -2.28. The van der Waals surface area contributed by atoms with Crippen molar-refractivity contribution >= 4 is 5.78 Å². The number of nitrogens with zero attached hydrogens (tertiary/aromatic N) is 2. The van der Waals surface area contributed by atoms with Crippen LogP contribution in [0.2, 0.25) is 0 Å². The Hall–Kier alpha value is -1.51. The molecule has 1 aromatic carbocycles. The Labute approximate surface area is 134 Å². The zero-order valence-corrected chi connectivity index (χ0v) is 14.4. The molecule has 0 spiro atoms. The second kappa shape index (κ2) is 6.72. The first-order valence-electron chi connectivity index (χ1n) is 8.50. The van der Waals surface area contributed by atoms with Crippen LogP contribution in [0, 0.1) is 5.41 Å². The van der Waals surface area contributed by atoms with Gasteiger partial charge in [-0.15, -0.1) is 0 Å². The monoisotopic (exact) mass is 300 g/mol. The van der Waals surface area contributed by atoms with E-state index in [2.05, 4.69) is 55.3 Å². The number of hydrogen-bond acceptors (Lipinski definition) is 3. The number of aryl methyl sites for hydroxylation is 1. The van der Waals surface area contributed by atoms with Gasteiger partial charge in [-0.2, -0.15) is 10.2 Å². The molecule has 0 unspecified atom stereocenters. The first kappa shape index (κ1) is 16.9. The summed E-state index contributed by atoms with van der Waals surface area (Å²) in [5, 5.41) is 8.11. The van der Waals surface area contributed by atoms with E-state index in [-0.39, 0.29) is 11.1 Å². The molecule has 0 aromatic heterocycles. The maximum Gasteiger partial charge on any atom is 0.213 e. The van der Waals surface area contributed by atoms with Gasteiger partial charge in [-0.1, -0.05) is 57.9 Å². The Bertz CT molecular complexity index is 533. The van der Waals surface area contributed by atoms with Gasteiger partial charge in [0.1, 0.15) is 5.78 Å². The van der Waals surface area contributed by atoms with E-state index >= 15 is 0 Å². The van der Waals surface area contributed by atoms with Crippen LogP contribution in [-0.2, 0) is 16.9 Å². The van der Waals surface area contributed by atoms with Crippen molar-refractivity contribution in [3.8, 4) is 0 Å². The lowest BCUT2D eigenvalue weighted by molar-refractivity contribution is -0.128. The van der Waals surface area contributed by atoms with Crippen LogP contribution in [0.15, 0.2) is 34.5 Å². The second-order valence-corrected chi connectivity index (χ2v) is 6.90. The number of benzene rings is 1. The maximum atomic E-state index is 12.6. The first-order valence-corrected chi connectivity index (χ1v) is 8.50. The van der Waals surface area contributed by atoms with Crippen LogP contribution in [0.25, 0.3) is 0 Å². The van der Waals surface area contributed by atoms with E-state index in [0.29, 0.717) is 12.2 Å². The Morgan fingerprint density at radius 2 is 1.64 bits per heavy atom. The summed E-state index contributed by atoms with van der Waals surface area (Å²) in [7, 11) is 0. The zero-order chi connectivity index (χ0) is 16.2. The van der Waals surface area contributed by atoms with E-state index in [1.165, 1.54) is 5.56 Å². The summed E-state index contributed by atoms with van der Waals surface area (Å²) in [6.45, 7) is 8.47. The minimum Gasteiger partial charge on any atom is -0.299 e. The number of Topliss-reactive ketones (excluding diaryl/α,β-unsaturated/α-hetero) is 1. The number of rotatable bonds is 9. The number of carbonyl (C=O) groups is 1. The third-order valence-corrected chi connectivity index (χ3v) is 4.82. The van der Waals surface area contributed by atoms with E-state index in [0.717, 1.165) is 37.7 Å². The summed E-state index contributed by atoms with van der Waals surface area (Å²) < 4.78 is 0. The molecule has 0 amide bonds. The molecule has 3 nitrogen and oxygen atoms in total. The SMILES string of the molecule is CCCC(C)(CCC)C(=O)CCc1ccc(C2(C)N=N2)cc1. The number of hydrogen-bond donors (Lipinski definition) is 0. The number of carbonyl (C=O) groups excluding carboxylic acids is 1. The summed E-state index contributed by atoms with van der Waals surface area (Å²) in [5.41, 5.74) is 1.90. The third-order valence-electron chi connectivity index (χ3n) is 4.82. The summed E-state index contributed by atoms with van der Waals surface area (Å²) in [6, 6.07) is 8.37. The van der Waals surface area contributed by atoms with Gasteiger partial charge >= 0.3 is 0 Å². The molecule has 0 radical (unpaired) electrons. The van der Waals surface area contributed by atoms with Crippen molar-refractivity contribution < 1.29 is 4.79 Å².